The predicted molar refractivity (Wildman–Crippen MR) is 69.6 cm³/mol. The third kappa shape index (κ3) is 1.93. The maximum atomic E-state index is 5.69. The highest BCUT2D eigenvalue weighted by Gasteiger charge is 2.17. The molecule has 2 heterocycles. The quantitative estimate of drug-likeness (QED) is 0.761. The summed E-state index contributed by atoms with van der Waals surface area (Å²) in [4.78, 5) is 4.71. The molecule has 0 bridgehead atoms. The summed E-state index contributed by atoms with van der Waals surface area (Å²) in [6.45, 7) is 3.39. The fourth-order valence-corrected chi connectivity index (χ4v) is 2.41. The molecule has 0 saturated carbocycles. The van der Waals surface area contributed by atoms with Gasteiger partial charge in [0, 0.05) is 30.4 Å². The zero-order valence-electron chi connectivity index (χ0n) is 10.1. The predicted octanol–water partition coefficient (Wildman–Crippen LogP) is 2.71. The Labute approximate surface area is 101 Å². The number of hydrogen-bond donors (Lipinski definition) is 1. The van der Waals surface area contributed by atoms with E-state index in [1.54, 1.807) is 0 Å². The van der Waals surface area contributed by atoms with Crippen molar-refractivity contribution in [1.29, 1.82) is 0 Å². The lowest BCUT2D eigenvalue weighted by Crippen LogP contribution is -2.17. The summed E-state index contributed by atoms with van der Waals surface area (Å²) >= 11 is 0. The van der Waals surface area contributed by atoms with Gasteiger partial charge >= 0.3 is 0 Å². The van der Waals surface area contributed by atoms with Gasteiger partial charge in [0.1, 0.15) is 5.82 Å². The molecule has 3 nitrogen and oxygen atoms in total. The molecule has 1 aliphatic heterocycles. The SMILES string of the molecule is C[C@H]1CCc2nc(-c3ccc(N)cc3)cn2C1. The van der Waals surface area contributed by atoms with E-state index in [4.69, 9.17) is 10.7 Å². The fourth-order valence-electron chi connectivity index (χ4n) is 2.41. The minimum Gasteiger partial charge on any atom is -0.399 e. The van der Waals surface area contributed by atoms with Crippen molar-refractivity contribution in [3.63, 3.8) is 0 Å². The summed E-state index contributed by atoms with van der Waals surface area (Å²) in [5.41, 5.74) is 8.70. The van der Waals surface area contributed by atoms with Crippen molar-refractivity contribution in [1.82, 2.24) is 9.55 Å². The number of rotatable bonds is 1. The van der Waals surface area contributed by atoms with E-state index in [2.05, 4.69) is 17.7 Å². The summed E-state index contributed by atoms with van der Waals surface area (Å²) in [5, 5.41) is 0. The molecule has 0 unspecified atom stereocenters. The molecule has 3 heteroatoms. The zero-order valence-corrected chi connectivity index (χ0v) is 10.1. The lowest BCUT2D eigenvalue weighted by atomic mass is 10.0. The first-order valence-corrected chi connectivity index (χ1v) is 6.14. The third-order valence-electron chi connectivity index (χ3n) is 3.43. The van der Waals surface area contributed by atoms with Crippen LogP contribution in [0.4, 0.5) is 5.69 Å². The summed E-state index contributed by atoms with van der Waals surface area (Å²) in [6, 6.07) is 7.92. The first kappa shape index (κ1) is 10.4. The van der Waals surface area contributed by atoms with E-state index in [0.717, 1.165) is 35.8 Å². The molecular weight excluding hydrogens is 210 g/mol. The van der Waals surface area contributed by atoms with Crippen LogP contribution in [0.25, 0.3) is 11.3 Å². The average Bonchev–Trinajstić information content (AvgIpc) is 2.72. The first-order valence-electron chi connectivity index (χ1n) is 6.14. The van der Waals surface area contributed by atoms with Crippen LogP contribution in [0.2, 0.25) is 0 Å². The zero-order chi connectivity index (χ0) is 11.8. The standard InChI is InChI=1S/C14H17N3/c1-10-2-7-14-16-13(9-17(14)8-10)11-3-5-12(15)6-4-11/h3-6,9-10H,2,7-8,15H2,1H3/t10-/m0/s1. The van der Waals surface area contributed by atoms with E-state index < -0.39 is 0 Å². The van der Waals surface area contributed by atoms with Crippen molar-refractivity contribution in [3.8, 4) is 11.3 Å². The molecule has 1 aromatic heterocycles. The van der Waals surface area contributed by atoms with E-state index in [1.807, 2.05) is 24.3 Å². The van der Waals surface area contributed by atoms with Gasteiger partial charge in [0.25, 0.3) is 0 Å². The van der Waals surface area contributed by atoms with Gasteiger partial charge in [0.05, 0.1) is 5.69 Å². The van der Waals surface area contributed by atoms with E-state index in [9.17, 15) is 0 Å². The molecule has 1 aromatic carbocycles. The number of nitrogen functional groups attached to an aromatic ring is 1. The van der Waals surface area contributed by atoms with Gasteiger partial charge in [-0.25, -0.2) is 4.98 Å². The van der Waals surface area contributed by atoms with Crippen molar-refractivity contribution in [2.75, 3.05) is 5.73 Å². The Morgan fingerprint density at radius 1 is 1.29 bits per heavy atom. The number of hydrogen-bond acceptors (Lipinski definition) is 2. The van der Waals surface area contributed by atoms with Crippen LogP contribution in [-0.2, 0) is 13.0 Å². The summed E-state index contributed by atoms with van der Waals surface area (Å²) in [7, 11) is 0. The number of aryl methyl sites for hydroxylation is 1. The molecule has 3 rings (SSSR count). The van der Waals surface area contributed by atoms with Crippen LogP contribution in [0, 0.1) is 5.92 Å². The Kier molecular flexibility index (Phi) is 2.39. The molecule has 0 amide bonds. The van der Waals surface area contributed by atoms with Crippen LogP contribution in [0.5, 0.6) is 0 Å². The molecule has 0 aliphatic carbocycles. The van der Waals surface area contributed by atoms with Gasteiger partial charge in [0.2, 0.25) is 0 Å². The largest absolute Gasteiger partial charge is 0.399 e. The molecule has 2 N–H and O–H groups in total. The Hall–Kier alpha value is -1.77. The fraction of sp³-hybridized carbons (Fsp3) is 0.357. The van der Waals surface area contributed by atoms with Gasteiger partial charge in [-0.1, -0.05) is 19.1 Å². The van der Waals surface area contributed by atoms with Gasteiger partial charge in [-0.2, -0.15) is 0 Å². The first-order chi connectivity index (χ1) is 8.22. The molecule has 2 aromatic rings. The van der Waals surface area contributed by atoms with Crippen LogP contribution in [0.15, 0.2) is 30.5 Å². The second kappa shape index (κ2) is 3.91. The van der Waals surface area contributed by atoms with Crippen molar-refractivity contribution >= 4 is 5.69 Å². The summed E-state index contributed by atoms with van der Waals surface area (Å²) < 4.78 is 2.29. The van der Waals surface area contributed by atoms with E-state index >= 15 is 0 Å². The van der Waals surface area contributed by atoms with Gasteiger partial charge in [-0.05, 0) is 24.5 Å². The number of nitrogens with zero attached hydrogens (tertiary/aromatic N) is 2. The van der Waals surface area contributed by atoms with E-state index in [1.165, 1.54) is 12.2 Å². The lowest BCUT2D eigenvalue weighted by Gasteiger charge is -2.19. The minimum atomic E-state index is 0.760. The Bertz CT molecular complexity index is 525. The smallest absolute Gasteiger partial charge is 0.109 e. The molecule has 1 atom stereocenters. The summed E-state index contributed by atoms with van der Waals surface area (Å²) in [5.74, 6) is 1.98. The molecular formula is C14H17N3. The maximum Gasteiger partial charge on any atom is 0.109 e. The minimum absolute atomic E-state index is 0.760. The van der Waals surface area contributed by atoms with Gasteiger partial charge < -0.3 is 10.3 Å². The van der Waals surface area contributed by atoms with Crippen LogP contribution in [-0.4, -0.2) is 9.55 Å². The van der Waals surface area contributed by atoms with Crippen LogP contribution in [0.1, 0.15) is 19.2 Å². The molecule has 0 fully saturated rings. The summed E-state index contributed by atoms with van der Waals surface area (Å²) in [6.07, 6.45) is 4.50. The van der Waals surface area contributed by atoms with Crippen molar-refractivity contribution in [3.05, 3.63) is 36.3 Å². The molecule has 1 aliphatic rings. The molecule has 0 saturated heterocycles. The Balaban J connectivity index is 1.97. The number of aromatic nitrogens is 2. The number of nitrogens with two attached hydrogens (primary N) is 1. The highest BCUT2D eigenvalue weighted by atomic mass is 15.1. The highest BCUT2D eigenvalue weighted by molar-refractivity contribution is 5.61. The topological polar surface area (TPSA) is 43.8 Å². The normalized spacial score (nSPS) is 19.0. The maximum absolute atomic E-state index is 5.69. The second-order valence-electron chi connectivity index (χ2n) is 4.96. The Morgan fingerprint density at radius 2 is 2.06 bits per heavy atom. The second-order valence-corrected chi connectivity index (χ2v) is 4.96. The average molecular weight is 227 g/mol. The third-order valence-corrected chi connectivity index (χ3v) is 3.43. The van der Waals surface area contributed by atoms with Gasteiger partial charge in [0.15, 0.2) is 0 Å². The monoisotopic (exact) mass is 227 g/mol. The van der Waals surface area contributed by atoms with Crippen molar-refractivity contribution in [2.24, 2.45) is 5.92 Å². The van der Waals surface area contributed by atoms with Crippen LogP contribution >= 0.6 is 0 Å². The number of anilines is 1. The highest BCUT2D eigenvalue weighted by Crippen LogP contribution is 2.25. The lowest BCUT2D eigenvalue weighted by molar-refractivity contribution is 0.394. The van der Waals surface area contributed by atoms with E-state index in [-0.39, 0.29) is 0 Å². The number of fused-ring (bicyclic) bond motifs is 1. The van der Waals surface area contributed by atoms with Crippen LogP contribution in [0.3, 0.4) is 0 Å². The van der Waals surface area contributed by atoms with Gasteiger partial charge in [-0.15, -0.1) is 0 Å². The van der Waals surface area contributed by atoms with Crippen molar-refractivity contribution in [2.45, 2.75) is 26.3 Å². The Morgan fingerprint density at radius 3 is 2.82 bits per heavy atom. The molecule has 0 radical (unpaired) electrons. The van der Waals surface area contributed by atoms with Crippen molar-refractivity contribution < 1.29 is 0 Å². The van der Waals surface area contributed by atoms with E-state index in [0.29, 0.717) is 0 Å². The number of imidazole rings is 1. The number of benzene rings is 1. The van der Waals surface area contributed by atoms with Crippen LogP contribution < -0.4 is 5.73 Å². The molecule has 17 heavy (non-hydrogen) atoms. The molecule has 0 spiro atoms. The van der Waals surface area contributed by atoms with Gasteiger partial charge in [-0.3, -0.25) is 0 Å². The molecule has 88 valence electrons.